The first kappa shape index (κ1) is 12.2. The van der Waals surface area contributed by atoms with Gasteiger partial charge in [0.1, 0.15) is 6.10 Å². The van der Waals surface area contributed by atoms with Gasteiger partial charge >= 0.3 is 0 Å². The lowest BCUT2D eigenvalue weighted by molar-refractivity contribution is 0.0198. The van der Waals surface area contributed by atoms with E-state index in [0.29, 0.717) is 6.54 Å². The number of aliphatic hydroxyl groups excluding tert-OH is 2. The quantitative estimate of drug-likeness (QED) is 0.691. The first-order valence-corrected chi connectivity index (χ1v) is 5.14. The molecule has 15 heavy (non-hydrogen) atoms. The van der Waals surface area contributed by atoms with E-state index in [9.17, 15) is 10.2 Å². The van der Waals surface area contributed by atoms with Crippen molar-refractivity contribution in [3.63, 3.8) is 0 Å². The number of benzene rings is 1. The maximum absolute atomic E-state index is 9.90. The molecule has 84 valence electrons. The summed E-state index contributed by atoms with van der Waals surface area (Å²) in [7, 11) is 1.75. The van der Waals surface area contributed by atoms with E-state index in [1.165, 1.54) is 0 Å². The summed E-state index contributed by atoms with van der Waals surface area (Å²) in [5.74, 6) is 0. The minimum atomic E-state index is -0.821. The lowest BCUT2D eigenvalue weighted by atomic mass is 9.98. The van der Waals surface area contributed by atoms with Gasteiger partial charge in [-0.05, 0) is 32.0 Å². The zero-order valence-electron chi connectivity index (χ0n) is 9.49. The molecule has 0 radical (unpaired) electrons. The van der Waals surface area contributed by atoms with Crippen LogP contribution in [0.25, 0.3) is 0 Å². The van der Waals surface area contributed by atoms with Gasteiger partial charge in [-0.3, -0.25) is 0 Å². The molecule has 2 unspecified atom stereocenters. The Hall–Kier alpha value is -0.900. The highest BCUT2D eigenvalue weighted by Crippen LogP contribution is 2.21. The summed E-state index contributed by atoms with van der Waals surface area (Å²) in [5.41, 5.74) is 2.97. The Labute approximate surface area is 90.8 Å². The van der Waals surface area contributed by atoms with Crippen molar-refractivity contribution in [3.8, 4) is 0 Å². The van der Waals surface area contributed by atoms with Crippen LogP contribution < -0.4 is 5.32 Å². The molecular weight excluding hydrogens is 190 g/mol. The van der Waals surface area contributed by atoms with Gasteiger partial charge in [0.05, 0.1) is 6.10 Å². The summed E-state index contributed by atoms with van der Waals surface area (Å²) in [5, 5.41) is 22.4. The van der Waals surface area contributed by atoms with Crippen molar-refractivity contribution in [1.29, 1.82) is 0 Å². The van der Waals surface area contributed by atoms with E-state index in [1.54, 1.807) is 7.05 Å². The zero-order valence-corrected chi connectivity index (χ0v) is 9.49. The molecule has 3 nitrogen and oxygen atoms in total. The van der Waals surface area contributed by atoms with Gasteiger partial charge < -0.3 is 15.5 Å². The van der Waals surface area contributed by atoms with E-state index < -0.39 is 12.2 Å². The first-order valence-electron chi connectivity index (χ1n) is 5.14. The largest absolute Gasteiger partial charge is 0.389 e. The highest BCUT2D eigenvalue weighted by atomic mass is 16.3. The van der Waals surface area contributed by atoms with Gasteiger partial charge in [0.2, 0.25) is 0 Å². The molecule has 0 spiro atoms. The SMILES string of the molecule is CNCC(O)C(O)c1ccc(C)cc1C. The van der Waals surface area contributed by atoms with Gasteiger partial charge in [0, 0.05) is 6.54 Å². The molecule has 0 heterocycles. The Morgan fingerprint density at radius 2 is 1.93 bits per heavy atom. The van der Waals surface area contributed by atoms with Gasteiger partial charge in [0.15, 0.2) is 0 Å². The molecule has 3 N–H and O–H groups in total. The number of hydrogen-bond donors (Lipinski definition) is 3. The van der Waals surface area contributed by atoms with Crippen molar-refractivity contribution < 1.29 is 10.2 Å². The van der Waals surface area contributed by atoms with Gasteiger partial charge in [0.25, 0.3) is 0 Å². The molecule has 1 rings (SSSR count). The average Bonchev–Trinajstić information content (AvgIpc) is 2.17. The second kappa shape index (κ2) is 5.26. The normalized spacial score (nSPS) is 15.0. The van der Waals surface area contributed by atoms with Gasteiger partial charge in [-0.25, -0.2) is 0 Å². The van der Waals surface area contributed by atoms with Crippen molar-refractivity contribution in [2.45, 2.75) is 26.1 Å². The van der Waals surface area contributed by atoms with Crippen LogP contribution >= 0.6 is 0 Å². The summed E-state index contributed by atoms with van der Waals surface area (Å²) < 4.78 is 0. The Balaban J connectivity index is 2.86. The first-order chi connectivity index (χ1) is 7.06. The zero-order chi connectivity index (χ0) is 11.4. The third-order valence-corrected chi connectivity index (χ3v) is 2.52. The van der Waals surface area contributed by atoms with Crippen LogP contribution in [0.3, 0.4) is 0 Å². The van der Waals surface area contributed by atoms with E-state index in [-0.39, 0.29) is 0 Å². The molecule has 0 fully saturated rings. The van der Waals surface area contributed by atoms with E-state index in [2.05, 4.69) is 5.32 Å². The molecule has 0 saturated heterocycles. The number of aliphatic hydroxyl groups is 2. The van der Waals surface area contributed by atoms with Crippen LogP contribution in [0, 0.1) is 13.8 Å². The van der Waals surface area contributed by atoms with Crippen molar-refractivity contribution in [2.75, 3.05) is 13.6 Å². The minimum absolute atomic E-state index is 0.383. The lowest BCUT2D eigenvalue weighted by Crippen LogP contribution is -2.29. The average molecular weight is 209 g/mol. The number of likely N-dealkylation sites (N-methyl/N-ethyl adjacent to an activating group) is 1. The summed E-state index contributed by atoms with van der Waals surface area (Å²) in [6.45, 7) is 4.33. The fraction of sp³-hybridized carbons (Fsp3) is 0.500. The highest BCUT2D eigenvalue weighted by Gasteiger charge is 2.18. The molecule has 0 aliphatic heterocycles. The van der Waals surface area contributed by atoms with Gasteiger partial charge in [-0.2, -0.15) is 0 Å². The van der Waals surface area contributed by atoms with Crippen LogP contribution in [-0.2, 0) is 0 Å². The van der Waals surface area contributed by atoms with Crippen molar-refractivity contribution >= 4 is 0 Å². The molecule has 0 aromatic heterocycles. The van der Waals surface area contributed by atoms with Gasteiger partial charge in [-0.15, -0.1) is 0 Å². The predicted molar refractivity (Wildman–Crippen MR) is 60.8 cm³/mol. The van der Waals surface area contributed by atoms with Crippen molar-refractivity contribution in [2.24, 2.45) is 0 Å². The number of rotatable bonds is 4. The highest BCUT2D eigenvalue weighted by molar-refractivity contribution is 5.32. The summed E-state index contributed by atoms with van der Waals surface area (Å²) in [4.78, 5) is 0. The molecule has 0 saturated carbocycles. The number of nitrogens with one attached hydrogen (secondary N) is 1. The second-order valence-electron chi connectivity index (χ2n) is 3.93. The van der Waals surface area contributed by atoms with Crippen molar-refractivity contribution in [3.05, 3.63) is 34.9 Å². The van der Waals surface area contributed by atoms with E-state index in [0.717, 1.165) is 16.7 Å². The lowest BCUT2D eigenvalue weighted by Gasteiger charge is -2.19. The smallest absolute Gasteiger partial charge is 0.106 e. The Morgan fingerprint density at radius 3 is 2.47 bits per heavy atom. The van der Waals surface area contributed by atoms with E-state index >= 15 is 0 Å². The third-order valence-electron chi connectivity index (χ3n) is 2.52. The Bertz CT molecular complexity index is 325. The molecule has 0 amide bonds. The molecule has 0 aliphatic carbocycles. The van der Waals surface area contributed by atoms with Crippen LogP contribution in [0.2, 0.25) is 0 Å². The summed E-state index contributed by atoms with van der Waals surface area (Å²) in [6.07, 6.45) is -1.59. The number of aryl methyl sites for hydroxylation is 2. The molecule has 0 aliphatic rings. The van der Waals surface area contributed by atoms with Crippen molar-refractivity contribution in [1.82, 2.24) is 5.32 Å². The van der Waals surface area contributed by atoms with E-state index in [1.807, 2.05) is 32.0 Å². The Morgan fingerprint density at radius 1 is 1.27 bits per heavy atom. The predicted octanol–water partition coefficient (Wildman–Crippen LogP) is 0.917. The van der Waals surface area contributed by atoms with Crippen LogP contribution in [-0.4, -0.2) is 29.9 Å². The van der Waals surface area contributed by atoms with Crippen LogP contribution in [0.4, 0.5) is 0 Å². The third kappa shape index (κ3) is 3.02. The van der Waals surface area contributed by atoms with Gasteiger partial charge in [-0.1, -0.05) is 23.8 Å². The van der Waals surface area contributed by atoms with Crippen LogP contribution in [0.1, 0.15) is 22.8 Å². The number of hydrogen-bond acceptors (Lipinski definition) is 3. The second-order valence-corrected chi connectivity index (χ2v) is 3.93. The molecule has 1 aromatic carbocycles. The monoisotopic (exact) mass is 209 g/mol. The summed E-state index contributed by atoms with van der Waals surface area (Å²) in [6, 6.07) is 5.82. The molecular formula is C12H19NO2. The fourth-order valence-electron chi connectivity index (χ4n) is 1.69. The van der Waals surface area contributed by atoms with E-state index in [4.69, 9.17) is 0 Å². The maximum atomic E-state index is 9.90. The maximum Gasteiger partial charge on any atom is 0.106 e. The Kier molecular flexibility index (Phi) is 4.27. The van der Waals surface area contributed by atoms with Crippen LogP contribution in [0.15, 0.2) is 18.2 Å². The molecule has 0 bridgehead atoms. The fourth-order valence-corrected chi connectivity index (χ4v) is 1.69. The minimum Gasteiger partial charge on any atom is -0.389 e. The molecule has 1 aromatic rings. The summed E-state index contributed by atoms with van der Waals surface area (Å²) >= 11 is 0. The molecule has 3 heteroatoms. The standard InChI is InChI=1S/C12H19NO2/c1-8-4-5-10(9(2)6-8)12(15)11(14)7-13-3/h4-6,11-15H,7H2,1-3H3. The molecule has 2 atom stereocenters. The van der Waals surface area contributed by atoms with Crippen LogP contribution in [0.5, 0.6) is 0 Å². The topological polar surface area (TPSA) is 52.5 Å².